The summed E-state index contributed by atoms with van der Waals surface area (Å²) in [7, 11) is -2.05. The standard InChI is InChI=1S/C22H29N3O4S/c1-16(2)23-22(26)21-15-20(10-5-17(21)3)30(27,28)25-13-11-24(12-14-25)18-6-8-19(29-4)9-7-18/h5-10,15-16H,11-14H2,1-4H3,(H,23,26). The number of hydrogen-bond donors (Lipinski definition) is 1. The molecule has 1 aliphatic rings. The van der Waals surface area contributed by atoms with E-state index in [1.165, 1.54) is 10.4 Å². The van der Waals surface area contributed by atoms with Crippen molar-refractivity contribution in [3.05, 3.63) is 53.6 Å². The van der Waals surface area contributed by atoms with Gasteiger partial charge in [-0.05, 0) is 62.7 Å². The van der Waals surface area contributed by atoms with Gasteiger partial charge in [-0.2, -0.15) is 4.31 Å². The number of carbonyl (C=O) groups excluding carboxylic acids is 1. The Morgan fingerprint density at radius 3 is 2.23 bits per heavy atom. The quantitative estimate of drug-likeness (QED) is 0.761. The topological polar surface area (TPSA) is 79.0 Å². The molecule has 1 N–H and O–H groups in total. The average Bonchev–Trinajstić information content (AvgIpc) is 2.73. The van der Waals surface area contributed by atoms with Crippen molar-refractivity contribution in [1.82, 2.24) is 9.62 Å². The molecule has 1 saturated heterocycles. The van der Waals surface area contributed by atoms with Gasteiger partial charge in [-0.25, -0.2) is 8.42 Å². The molecule has 0 aromatic heterocycles. The van der Waals surface area contributed by atoms with E-state index in [2.05, 4.69) is 10.2 Å². The van der Waals surface area contributed by atoms with E-state index in [0.717, 1.165) is 17.0 Å². The molecular formula is C22H29N3O4S. The minimum Gasteiger partial charge on any atom is -0.497 e. The predicted octanol–water partition coefficient (Wildman–Crippen LogP) is 2.65. The Bertz CT molecular complexity index is 996. The van der Waals surface area contributed by atoms with Crippen LogP contribution in [-0.4, -0.2) is 58.0 Å². The van der Waals surface area contributed by atoms with Crippen LogP contribution in [0.4, 0.5) is 5.69 Å². The second kappa shape index (κ2) is 9.06. The van der Waals surface area contributed by atoms with E-state index in [0.29, 0.717) is 31.7 Å². The van der Waals surface area contributed by atoms with Gasteiger partial charge in [0, 0.05) is 43.5 Å². The zero-order valence-corrected chi connectivity index (χ0v) is 18.7. The number of nitrogens with zero attached hydrogens (tertiary/aromatic N) is 2. The zero-order valence-electron chi connectivity index (χ0n) is 17.9. The van der Waals surface area contributed by atoms with Gasteiger partial charge in [0.1, 0.15) is 5.75 Å². The molecule has 0 aliphatic carbocycles. The van der Waals surface area contributed by atoms with Crippen LogP contribution in [0.1, 0.15) is 29.8 Å². The summed E-state index contributed by atoms with van der Waals surface area (Å²) in [5.74, 6) is 0.528. The summed E-state index contributed by atoms with van der Waals surface area (Å²) in [5, 5.41) is 2.83. The van der Waals surface area contributed by atoms with Gasteiger partial charge in [-0.15, -0.1) is 0 Å². The Balaban J connectivity index is 1.74. The van der Waals surface area contributed by atoms with Crippen molar-refractivity contribution in [2.24, 2.45) is 0 Å². The molecule has 1 fully saturated rings. The van der Waals surface area contributed by atoms with Crippen molar-refractivity contribution in [3.63, 3.8) is 0 Å². The summed E-state index contributed by atoms with van der Waals surface area (Å²) < 4.78 is 33.0. The van der Waals surface area contributed by atoms with Gasteiger partial charge >= 0.3 is 0 Å². The molecule has 0 bridgehead atoms. The van der Waals surface area contributed by atoms with Gasteiger partial charge in [-0.1, -0.05) is 6.07 Å². The molecule has 162 valence electrons. The van der Waals surface area contributed by atoms with E-state index in [4.69, 9.17) is 4.74 Å². The highest BCUT2D eigenvalue weighted by Crippen LogP contribution is 2.24. The summed E-state index contributed by atoms with van der Waals surface area (Å²) in [5.41, 5.74) is 2.17. The molecule has 30 heavy (non-hydrogen) atoms. The Kier molecular flexibility index (Phi) is 6.67. The number of sulfonamides is 1. The van der Waals surface area contributed by atoms with Crippen molar-refractivity contribution in [1.29, 1.82) is 0 Å². The lowest BCUT2D eigenvalue weighted by molar-refractivity contribution is 0.0942. The molecule has 2 aromatic rings. The molecule has 0 saturated carbocycles. The fraction of sp³-hybridized carbons (Fsp3) is 0.409. The van der Waals surface area contributed by atoms with E-state index >= 15 is 0 Å². The van der Waals surface area contributed by atoms with Crippen molar-refractivity contribution in [2.75, 3.05) is 38.2 Å². The number of rotatable bonds is 6. The Labute approximate surface area is 178 Å². The van der Waals surface area contributed by atoms with Crippen LogP contribution >= 0.6 is 0 Å². The molecule has 0 radical (unpaired) electrons. The molecule has 0 spiro atoms. The van der Waals surface area contributed by atoms with Crippen LogP contribution in [0.2, 0.25) is 0 Å². The second-order valence-corrected chi connectivity index (χ2v) is 9.63. The third-order valence-corrected chi connectivity index (χ3v) is 7.08. The lowest BCUT2D eigenvalue weighted by atomic mass is 10.1. The normalized spacial score (nSPS) is 15.3. The number of anilines is 1. The molecule has 3 rings (SSSR count). The summed E-state index contributed by atoms with van der Waals surface area (Å²) in [6.45, 7) is 7.51. The first-order chi connectivity index (χ1) is 14.2. The van der Waals surface area contributed by atoms with Crippen LogP contribution < -0.4 is 15.0 Å². The first-order valence-corrected chi connectivity index (χ1v) is 11.5. The van der Waals surface area contributed by atoms with Crippen LogP contribution in [0.25, 0.3) is 0 Å². The van der Waals surface area contributed by atoms with Gasteiger partial charge in [-0.3, -0.25) is 4.79 Å². The Hall–Kier alpha value is -2.58. The van der Waals surface area contributed by atoms with E-state index in [-0.39, 0.29) is 16.8 Å². The van der Waals surface area contributed by atoms with E-state index in [9.17, 15) is 13.2 Å². The van der Waals surface area contributed by atoms with Crippen molar-refractivity contribution in [3.8, 4) is 5.75 Å². The highest BCUT2D eigenvalue weighted by molar-refractivity contribution is 7.89. The van der Waals surface area contributed by atoms with Gasteiger partial charge in [0.15, 0.2) is 0 Å². The molecule has 1 aliphatic heterocycles. The van der Waals surface area contributed by atoms with Crippen LogP contribution in [0.5, 0.6) is 5.75 Å². The minimum absolute atomic E-state index is 0.0248. The number of piperazine rings is 1. The fourth-order valence-electron chi connectivity index (χ4n) is 3.47. The molecular weight excluding hydrogens is 402 g/mol. The maximum Gasteiger partial charge on any atom is 0.251 e. The largest absolute Gasteiger partial charge is 0.497 e. The molecule has 7 nitrogen and oxygen atoms in total. The Morgan fingerprint density at radius 2 is 1.67 bits per heavy atom. The van der Waals surface area contributed by atoms with E-state index in [1.807, 2.05) is 38.1 Å². The number of methoxy groups -OCH3 is 1. The van der Waals surface area contributed by atoms with Crippen molar-refractivity contribution < 1.29 is 17.9 Å². The minimum atomic E-state index is -3.67. The SMILES string of the molecule is COc1ccc(N2CCN(S(=O)(=O)c3ccc(C)c(C(=O)NC(C)C)c3)CC2)cc1. The van der Waals surface area contributed by atoms with Crippen molar-refractivity contribution in [2.45, 2.75) is 31.7 Å². The van der Waals surface area contributed by atoms with E-state index in [1.54, 1.807) is 26.2 Å². The van der Waals surface area contributed by atoms with Crippen LogP contribution in [0.3, 0.4) is 0 Å². The van der Waals surface area contributed by atoms with Gasteiger partial charge in [0.2, 0.25) is 10.0 Å². The first kappa shape index (κ1) is 22.1. The summed E-state index contributed by atoms with van der Waals surface area (Å²) >= 11 is 0. The van der Waals surface area contributed by atoms with Gasteiger partial charge < -0.3 is 15.0 Å². The Morgan fingerprint density at radius 1 is 1.03 bits per heavy atom. The summed E-state index contributed by atoms with van der Waals surface area (Å²) in [6.07, 6.45) is 0. The number of ether oxygens (including phenoxy) is 1. The highest BCUT2D eigenvalue weighted by Gasteiger charge is 2.29. The maximum absolute atomic E-state index is 13.2. The third kappa shape index (κ3) is 4.76. The number of hydrogen-bond acceptors (Lipinski definition) is 5. The monoisotopic (exact) mass is 431 g/mol. The summed E-state index contributed by atoms with van der Waals surface area (Å²) in [4.78, 5) is 14.7. The number of amides is 1. The molecule has 0 atom stereocenters. The fourth-order valence-corrected chi connectivity index (χ4v) is 4.92. The molecule has 1 amide bonds. The van der Waals surface area contributed by atoms with Gasteiger partial charge in [0.25, 0.3) is 5.91 Å². The van der Waals surface area contributed by atoms with Crippen LogP contribution in [-0.2, 0) is 10.0 Å². The number of aryl methyl sites for hydroxylation is 1. The molecule has 2 aromatic carbocycles. The van der Waals surface area contributed by atoms with Crippen molar-refractivity contribution >= 4 is 21.6 Å². The lowest BCUT2D eigenvalue weighted by Gasteiger charge is -2.35. The zero-order chi connectivity index (χ0) is 21.9. The second-order valence-electron chi connectivity index (χ2n) is 7.69. The van der Waals surface area contributed by atoms with E-state index < -0.39 is 10.0 Å². The highest BCUT2D eigenvalue weighted by atomic mass is 32.2. The lowest BCUT2D eigenvalue weighted by Crippen LogP contribution is -2.48. The predicted molar refractivity (Wildman–Crippen MR) is 118 cm³/mol. The average molecular weight is 432 g/mol. The van der Waals surface area contributed by atoms with Gasteiger partial charge in [0.05, 0.1) is 12.0 Å². The maximum atomic E-state index is 13.2. The van der Waals surface area contributed by atoms with Crippen LogP contribution in [0, 0.1) is 6.92 Å². The molecule has 1 heterocycles. The first-order valence-electron chi connectivity index (χ1n) is 10.0. The number of carbonyl (C=O) groups is 1. The van der Waals surface area contributed by atoms with Crippen LogP contribution in [0.15, 0.2) is 47.4 Å². The molecule has 0 unspecified atom stereocenters. The number of benzene rings is 2. The third-order valence-electron chi connectivity index (χ3n) is 5.19. The number of nitrogens with one attached hydrogen (secondary N) is 1. The summed E-state index contributed by atoms with van der Waals surface area (Å²) in [6, 6.07) is 12.5. The molecule has 8 heteroatoms. The smallest absolute Gasteiger partial charge is 0.251 e.